The van der Waals surface area contributed by atoms with E-state index in [0.29, 0.717) is 4.99 Å². The molecule has 0 amide bonds. The number of benzene rings is 1. The molecule has 0 aliphatic rings. The molecule has 3 aromatic rings. The zero-order chi connectivity index (χ0) is 13.6. The topological polar surface area (TPSA) is 74.5 Å². The summed E-state index contributed by atoms with van der Waals surface area (Å²) in [4.78, 5) is 0.306. The lowest BCUT2D eigenvalue weighted by atomic mass is 10.2. The van der Waals surface area contributed by atoms with Gasteiger partial charge in [-0.05, 0) is 19.1 Å². The van der Waals surface area contributed by atoms with Gasteiger partial charge in [0.25, 0.3) is 0 Å². The second-order valence-corrected chi connectivity index (χ2v) is 4.70. The zero-order valence-electron chi connectivity index (χ0n) is 10.5. The molecule has 3 rings (SSSR count). The van der Waals surface area contributed by atoms with E-state index in [1.807, 2.05) is 38.2 Å². The molecule has 0 bridgehead atoms. The SMILES string of the molecule is Cc1nn(C)c(-n2nnc3ccccc32)c1C(N)=S. The number of nitrogens with two attached hydrogens (primary N) is 1. The van der Waals surface area contributed by atoms with E-state index in [1.165, 1.54) is 0 Å². The Morgan fingerprint density at radius 1 is 1.32 bits per heavy atom. The maximum absolute atomic E-state index is 5.80. The van der Waals surface area contributed by atoms with Crippen molar-refractivity contribution in [1.82, 2.24) is 24.8 Å². The Morgan fingerprint density at radius 2 is 2.05 bits per heavy atom. The summed E-state index contributed by atoms with van der Waals surface area (Å²) in [5.74, 6) is 0.735. The van der Waals surface area contributed by atoms with Crippen molar-refractivity contribution >= 4 is 28.2 Å². The van der Waals surface area contributed by atoms with Crippen molar-refractivity contribution in [3.63, 3.8) is 0 Å². The van der Waals surface area contributed by atoms with Crippen LogP contribution in [-0.4, -0.2) is 29.8 Å². The second-order valence-electron chi connectivity index (χ2n) is 4.26. The van der Waals surface area contributed by atoms with Gasteiger partial charge in [0.2, 0.25) is 0 Å². The zero-order valence-corrected chi connectivity index (χ0v) is 11.3. The predicted octanol–water partition coefficient (Wildman–Crippen LogP) is 1.10. The van der Waals surface area contributed by atoms with Crippen molar-refractivity contribution in [2.45, 2.75) is 6.92 Å². The van der Waals surface area contributed by atoms with Crippen LogP contribution in [0.5, 0.6) is 0 Å². The third-order valence-electron chi connectivity index (χ3n) is 2.99. The molecule has 1 aromatic carbocycles. The van der Waals surface area contributed by atoms with Gasteiger partial charge in [0, 0.05) is 7.05 Å². The number of nitrogens with zero attached hydrogens (tertiary/aromatic N) is 5. The molecule has 6 nitrogen and oxygen atoms in total. The Bertz CT molecular complexity index is 785. The van der Waals surface area contributed by atoms with E-state index in [2.05, 4.69) is 15.4 Å². The Kier molecular flexibility index (Phi) is 2.56. The van der Waals surface area contributed by atoms with Gasteiger partial charge < -0.3 is 5.73 Å². The Labute approximate surface area is 114 Å². The van der Waals surface area contributed by atoms with Crippen molar-refractivity contribution in [2.24, 2.45) is 12.8 Å². The number of rotatable bonds is 2. The molecule has 2 aromatic heterocycles. The maximum atomic E-state index is 5.80. The fourth-order valence-corrected chi connectivity index (χ4v) is 2.44. The van der Waals surface area contributed by atoms with Crippen molar-refractivity contribution in [1.29, 1.82) is 0 Å². The highest BCUT2D eigenvalue weighted by molar-refractivity contribution is 7.80. The van der Waals surface area contributed by atoms with Gasteiger partial charge >= 0.3 is 0 Å². The molecule has 0 saturated heterocycles. The third kappa shape index (κ3) is 1.70. The molecule has 0 spiro atoms. The molecular formula is C12H12N6S. The number of aromatic nitrogens is 5. The summed E-state index contributed by atoms with van der Waals surface area (Å²) < 4.78 is 3.43. The summed E-state index contributed by atoms with van der Waals surface area (Å²) in [5, 5.41) is 12.7. The molecule has 7 heteroatoms. The lowest BCUT2D eigenvalue weighted by Gasteiger charge is -2.05. The first-order valence-corrected chi connectivity index (χ1v) is 6.14. The number of hydrogen-bond donors (Lipinski definition) is 1. The predicted molar refractivity (Wildman–Crippen MR) is 76.3 cm³/mol. The summed E-state index contributed by atoms with van der Waals surface area (Å²) in [6.45, 7) is 1.87. The van der Waals surface area contributed by atoms with Crippen LogP contribution in [0, 0.1) is 6.92 Å². The number of fused-ring (bicyclic) bond motifs is 1. The quantitative estimate of drug-likeness (QED) is 0.707. The van der Waals surface area contributed by atoms with E-state index in [-0.39, 0.29) is 0 Å². The lowest BCUT2D eigenvalue weighted by molar-refractivity contribution is 0.686. The minimum atomic E-state index is 0.306. The summed E-state index contributed by atoms with van der Waals surface area (Å²) >= 11 is 5.11. The minimum absolute atomic E-state index is 0.306. The van der Waals surface area contributed by atoms with Crippen LogP contribution in [0.2, 0.25) is 0 Å². The molecule has 96 valence electrons. The second kappa shape index (κ2) is 4.13. The fourth-order valence-electron chi connectivity index (χ4n) is 2.20. The Morgan fingerprint density at radius 3 is 2.79 bits per heavy atom. The van der Waals surface area contributed by atoms with E-state index in [1.54, 1.807) is 9.36 Å². The van der Waals surface area contributed by atoms with Crippen molar-refractivity contribution in [2.75, 3.05) is 0 Å². The fraction of sp³-hybridized carbons (Fsp3) is 0.167. The largest absolute Gasteiger partial charge is 0.389 e. The number of thiocarbonyl (C=S) groups is 1. The van der Waals surface area contributed by atoms with Crippen LogP contribution in [0.3, 0.4) is 0 Å². The first-order chi connectivity index (χ1) is 9.09. The van der Waals surface area contributed by atoms with E-state index < -0.39 is 0 Å². The highest BCUT2D eigenvalue weighted by Crippen LogP contribution is 2.21. The molecule has 0 aliphatic heterocycles. The van der Waals surface area contributed by atoms with Crippen LogP contribution in [0.1, 0.15) is 11.3 Å². The molecule has 0 unspecified atom stereocenters. The number of aryl methyl sites for hydroxylation is 2. The molecule has 0 saturated carbocycles. The molecule has 0 radical (unpaired) electrons. The van der Waals surface area contributed by atoms with Crippen molar-refractivity contribution in [3.05, 3.63) is 35.5 Å². The van der Waals surface area contributed by atoms with Gasteiger partial charge in [-0.25, -0.2) is 4.68 Å². The van der Waals surface area contributed by atoms with Gasteiger partial charge in [-0.3, -0.25) is 0 Å². The normalized spacial score (nSPS) is 11.1. The summed E-state index contributed by atoms with van der Waals surface area (Å²) in [7, 11) is 1.83. The Balaban J connectivity index is 2.36. The standard InChI is InChI=1S/C12H12N6S/c1-7-10(11(13)19)12(17(2)15-7)18-9-6-4-3-5-8(9)14-16-18/h3-6H,1-2H3,(H2,13,19). The van der Waals surface area contributed by atoms with Gasteiger partial charge in [-0.15, -0.1) is 5.10 Å². The van der Waals surface area contributed by atoms with Gasteiger partial charge in [-0.2, -0.15) is 9.78 Å². The summed E-state index contributed by atoms with van der Waals surface area (Å²) in [5.41, 5.74) is 9.01. The first kappa shape index (κ1) is 11.8. The van der Waals surface area contributed by atoms with Crippen LogP contribution in [0.4, 0.5) is 0 Å². The lowest BCUT2D eigenvalue weighted by Crippen LogP contribution is -2.15. The molecule has 2 heterocycles. The van der Waals surface area contributed by atoms with Crippen molar-refractivity contribution < 1.29 is 0 Å². The van der Waals surface area contributed by atoms with E-state index in [9.17, 15) is 0 Å². The highest BCUT2D eigenvalue weighted by Gasteiger charge is 2.19. The van der Waals surface area contributed by atoms with Crippen LogP contribution in [0.15, 0.2) is 24.3 Å². The monoisotopic (exact) mass is 272 g/mol. The van der Waals surface area contributed by atoms with E-state index >= 15 is 0 Å². The van der Waals surface area contributed by atoms with Gasteiger partial charge in [-0.1, -0.05) is 29.6 Å². The van der Waals surface area contributed by atoms with Gasteiger partial charge in [0.1, 0.15) is 10.5 Å². The summed E-state index contributed by atoms with van der Waals surface area (Å²) in [6.07, 6.45) is 0. The van der Waals surface area contributed by atoms with Crippen LogP contribution in [-0.2, 0) is 7.05 Å². The molecule has 0 atom stereocenters. The van der Waals surface area contributed by atoms with Crippen LogP contribution < -0.4 is 5.73 Å². The van der Waals surface area contributed by atoms with Gasteiger partial charge in [0.05, 0.1) is 16.8 Å². The van der Waals surface area contributed by atoms with Crippen LogP contribution in [0.25, 0.3) is 16.9 Å². The maximum Gasteiger partial charge on any atom is 0.164 e. The first-order valence-electron chi connectivity index (χ1n) is 5.74. The smallest absolute Gasteiger partial charge is 0.164 e. The molecule has 0 fully saturated rings. The summed E-state index contributed by atoms with van der Waals surface area (Å²) in [6, 6.07) is 7.71. The average molecular weight is 272 g/mol. The molecule has 0 aliphatic carbocycles. The highest BCUT2D eigenvalue weighted by atomic mass is 32.1. The molecular weight excluding hydrogens is 260 g/mol. The van der Waals surface area contributed by atoms with Crippen LogP contribution >= 0.6 is 12.2 Å². The van der Waals surface area contributed by atoms with E-state index in [4.69, 9.17) is 18.0 Å². The Hall–Kier alpha value is -2.28. The third-order valence-corrected chi connectivity index (χ3v) is 3.19. The van der Waals surface area contributed by atoms with Crippen molar-refractivity contribution in [3.8, 4) is 5.82 Å². The molecule has 2 N–H and O–H groups in total. The van der Waals surface area contributed by atoms with Gasteiger partial charge in [0.15, 0.2) is 5.82 Å². The van der Waals surface area contributed by atoms with E-state index in [0.717, 1.165) is 28.1 Å². The minimum Gasteiger partial charge on any atom is -0.389 e. The number of para-hydroxylation sites is 1. The number of hydrogen-bond acceptors (Lipinski definition) is 4. The average Bonchev–Trinajstić information content (AvgIpc) is 2.89. The molecule has 19 heavy (non-hydrogen) atoms.